The van der Waals surface area contributed by atoms with Crippen LogP contribution in [0.25, 0.3) is 44.8 Å². The Hall–Kier alpha value is -3.44. The molecule has 0 saturated carbocycles. The molecule has 1 aliphatic heterocycles. The first kappa shape index (κ1) is 24.3. The van der Waals surface area contributed by atoms with Crippen molar-refractivity contribution in [2.24, 2.45) is 5.14 Å². The van der Waals surface area contributed by atoms with Gasteiger partial charge in [0.1, 0.15) is 11.6 Å². The lowest BCUT2D eigenvalue weighted by atomic mass is 10.2. The summed E-state index contributed by atoms with van der Waals surface area (Å²) in [6.45, 7) is 4.17. The number of piperazine rings is 1. The van der Waals surface area contributed by atoms with Gasteiger partial charge in [-0.1, -0.05) is 0 Å². The highest BCUT2D eigenvalue weighted by Crippen LogP contribution is 2.28. The molecule has 3 aromatic carbocycles. The fourth-order valence-corrected chi connectivity index (χ4v) is 5.01. The van der Waals surface area contributed by atoms with Crippen LogP contribution >= 0.6 is 12.4 Å². The van der Waals surface area contributed by atoms with Crippen molar-refractivity contribution >= 4 is 50.2 Å². The van der Waals surface area contributed by atoms with Crippen LogP contribution in [0.1, 0.15) is 0 Å². The molecule has 1 aliphatic rings. The number of nitrogens with zero attached hydrogens (tertiary/aromatic N) is 4. The SMILES string of the molecule is CN1CCN(c2ccc3nc(-c4ccc5nc(-c6ccc(S(N)(=O)=O)cc6)[nH]c5c4)[nH]c3c2)CC1.Cl. The van der Waals surface area contributed by atoms with Crippen LogP contribution < -0.4 is 10.0 Å². The molecule has 2 aromatic heterocycles. The van der Waals surface area contributed by atoms with E-state index >= 15 is 0 Å². The first-order chi connectivity index (χ1) is 16.8. The lowest BCUT2D eigenvalue weighted by Crippen LogP contribution is -2.44. The summed E-state index contributed by atoms with van der Waals surface area (Å²) in [5.74, 6) is 1.45. The zero-order valence-corrected chi connectivity index (χ0v) is 21.2. The smallest absolute Gasteiger partial charge is 0.238 e. The first-order valence-electron chi connectivity index (χ1n) is 11.4. The predicted octanol–water partition coefficient (Wildman–Crippen LogP) is 3.59. The van der Waals surface area contributed by atoms with Gasteiger partial charge in [-0.2, -0.15) is 0 Å². The average Bonchev–Trinajstić information content (AvgIpc) is 3.47. The standard InChI is InChI=1S/C25H25N7O2S.ClH/c1-31-10-12-32(13-11-31)18-5-9-21-23(15-18)30-25(28-21)17-4-8-20-22(14-17)29-24(27-20)16-2-6-19(7-3-16)35(26,33)34;/h2-9,14-15H,10-13H2,1H3,(H,27,29)(H,28,30)(H2,26,33,34);1H. The number of H-pyrrole nitrogens is 2. The van der Waals surface area contributed by atoms with Crippen LogP contribution in [0.4, 0.5) is 5.69 Å². The van der Waals surface area contributed by atoms with Gasteiger partial charge in [0.25, 0.3) is 0 Å². The van der Waals surface area contributed by atoms with E-state index < -0.39 is 10.0 Å². The molecule has 0 spiro atoms. The van der Waals surface area contributed by atoms with Crippen LogP contribution in [0.2, 0.25) is 0 Å². The van der Waals surface area contributed by atoms with Crippen molar-refractivity contribution in [1.82, 2.24) is 24.8 Å². The minimum Gasteiger partial charge on any atom is -0.369 e. The first-order valence-corrected chi connectivity index (χ1v) is 12.9. The highest BCUT2D eigenvalue weighted by Gasteiger charge is 2.16. The van der Waals surface area contributed by atoms with E-state index in [9.17, 15) is 8.42 Å². The Balaban J connectivity index is 0.00000267. The van der Waals surface area contributed by atoms with Gasteiger partial charge in [0.05, 0.1) is 27.0 Å². The number of benzene rings is 3. The maximum atomic E-state index is 11.5. The molecule has 0 aliphatic carbocycles. The van der Waals surface area contributed by atoms with Gasteiger partial charge in [0, 0.05) is 43.0 Å². The molecule has 0 atom stereocenters. The van der Waals surface area contributed by atoms with Crippen LogP contribution in [0.5, 0.6) is 0 Å². The molecule has 0 unspecified atom stereocenters. The van der Waals surface area contributed by atoms with E-state index in [2.05, 4.69) is 50.0 Å². The highest BCUT2D eigenvalue weighted by molar-refractivity contribution is 7.89. The molecule has 0 radical (unpaired) electrons. The van der Waals surface area contributed by atoms with E-state index in [4.69, 9.17) is 10.1 Å². The van der Waals surface area contributed by atoms with Gasteiger partial charge in [-0.15, -0.1) is 12.4 Å². The van der Waals surface area contributed by atoms with Crippen LogP contribution in [0, 0.1) is 0 Å². The number of nitrogens with two attached hydrogens (primary N) is 1. The molecule has 1 saturated heterocycles. The van der Waals surface area contributed by atoms with Crippen molar-refractivity contribution in [1.29, 1.82) is 0 Å². The molecule has 0 bridgehead atoms. The van der Waals surface area contributed by atoms with Gasteiger partial charge in [-0.3, -0.25) is 0 Å². The number of nitrogens with one attached hydrogen (secondary N) is 2. The summed E-state index contributed by atoms with van der Waals surface area (Å²) in [4.78, 5) is 21.1. The summed E-state index contributed by atoms with van der Waals surface area (Å²) in [6, 6.07) is 18.7. The van der Waals surface area contributed by atoms with Crippen LogP contribution in [-0.2, 0) is 10.0 Å². The Morgan fingerprint density at radius 1 is 0.778 bits per heavy atom. The maximum absolute atomic E-state index is 11.5. The molecule has 0 amide bonds. The number of hydrogen-bond donors (Lipinski definition) is 3. The van der Waals surface area contributed by atoms with Gasteiger partial charge in [-0.05, 0) is 67.7 Å². The van der Waals surface area contributed by atoms with E-state index in [1.165, 1.54) is 17.8 Å². The third-order valence-corrected chi connectivity index (χ3v) is 7.47. The second-order valence-electron chi connectivity index (χ2n) is 8.96. The van der Waals surface area contributed by atoms with Crippen molar-refractivity contribution in [2.45, 2.75) is 4.90 Å². The number of primary sulfonamides is 1. The van der Waals surface area contributed by atoms with Crippen LogP contribution in [-0.4, -0.2) is 66.5 Å². The minimum absolute atomic E-state index is 0. The van der Waals surface area contributed by atoms with Crippen LogP contribution in [0.3, 0.4) is 0 Å². The number of imidazole rings is 2. The number of sulfonamides is 1. The van der Waals surface area contributed by atoms with Crippen molar-refractivity contribution in [2.75, 3.05) is 38.1 Å². The molecular weight excluding hydrogens is 498 g/mol. The number of hydrogen-bond acceptors (Lipinski definition) is 6. The number of halogens is 1. The minimum atomic E-state index is -3.73. The van der Waals surface area contributed by atoms with Gasteiger partial charge in [0.2, 0.25) is 10.0 Å². The summed E-state index contributed by atoms with van der Waals surface area (Å²) in [7, 11) is -1.57. The summed E-state index contributed by atoms with van der Waals surface area (Å²) in [5.41, 5.74) is 6.56. The van der Waals surface area contributed by atoms with Gasteiger partial charge in [0.15, 0.2) is 0 Å². The van der Waals surface area contributed by atoms with Crippen molar-refractivity contribution < 1.29 is 8.42 Å². The number of anilines is 1. The molecule has 9 nitrogen and oxygen atoms in total. The number of aromatic nitrogens is 4. The average molecular weight is 524 g/mol. The third kappa shape index (κ3) is 4.56. The van der Waals surface area contributed by atoms with Crippen molar-refractivity contribution in [3.8, 4) is 22.8 Å². The largest absolute Gasteiger partial charge is 0.369 e. The Bertz CT molecular complexity index is 1650. The van der Waals surface area contributed by atoms with Crippen LogP contribution in [0.15, 0.2) is 65.6 Å². The fraction of sp³-hybridized carbons (Fsp3) is 0.200. The molecule has 6 rings (SSSR count). The number of fused-ring (bicyclic) bond motifs is 2. The normalized spacial score (nSPS) is 14.9. The van der Waals surface area contributed by atoms with E-state index in [0.717, 1.165) is 65.2 Å². The summed E-state index contributed by atoms with van der Waals surface area (Å²) in [5, 5.41) is 5.19. The molecule has 186 valence electrons. The van der Waals surface area contributed by atoms with Crippen molar-refractivity contribution in [3.05, 3.63) is 60.7 Å². The lowest BCUT2D eigenvalue weighted by Gasteiger charge is -2.34. The second kappa shape index (κ2) is 9.21. The third-order valence-electron chi connectivity index (χ3n) is 6.55. The molecule has 1 fully saturated rings. The number of rotatable bonds is 4. The van der Waals surface area contributed by atoms with E-state index in [1.807, 2.05) is 18.2 Å². The Morgan fingerprint density at radius 2 is 1.33 bits per heavy atom. The molecule has 4 N–H and O–H groups in total. The zero-order valence-electron chi connectivity index (χ0n) is 19.6. The predicted molar refractivity (Wildman–Crippen MR) is 145 cm³/mol. The zero-order chi connectivity index (χ0) is 24.2. The molecule has 3 heterocycles. The summed E-state index contributed by atoms with van der Waals surface area (Å²) < 4.78 is 23.0. The highest BCUT2D eigenvalue weighted by atomic mass is 35.5. The second-order valence-corrected chi connectivity index (χ2v) is 10.5. The van der Waals surface area contributed by atoms with E-state index in [0.29, 0.717) is 5.82 Å². The number of aromatic amines is 2. The summed E-state index contributed by atoms with van der Waals surface area (Å²) >= 11 is 0. The lowest BCUT2D eigenvalue weighted by molar-refractivity contribution is 0.313. The molecule has 11 heteroatoms. The molecular formula is C25H26ClN7O2S. The maximum Gasteiger partial charge on any atom is 0.238 e. The molecule has 5 aromatic rings. The van der Waals surface area contributed by atoms with E-state index in [-0.39, 0.29) is 17.3 Å². The Morgan fingerprint density at radius 3 is 1.97 bits per heavy atom. The van der Waals surface area contributed by atoms with Gasteiger partial charge < -0.3 is 19.8 Å². The number of likely N-dealkylation sites (N-methyl/N-ethyl adjacent to an activating group) is 1. The summed E-state index contributed by atoms with van der Waals surface area (Å²) in [6.07, 6.45) is 0. The fourth-order valence-electron chi connectivity index (χ4n) is 4.49. The van der Waals surface area contributed by atoms with Crippen molar-refractivity contribution in [3.63, 3.8) is 0 Å². The van der Waals surface area contributed by atoms with E-state index in [1.54, 1.807) is 12.1 Å². The topological polar surface area (TPSA) is 124 Å². The van der Waals surface area contributed by atoms with Gasteiger partial charge >= 0.3 is 0 Å². The Kier molecular flexibility index (Phi) is 6.21. The molecule has 36 heavy (non-hydrogen) atoms. The van der Waals surface area contributed by atoms with Gasteiger partial charge in [-0.25, -0.2) is 23.5 Å². The quantitative estimate of drug-likeness (QED) is 0.330. The monoisotopic (exact) mass is 523 g/mol. The Labute approximate surface area is 214 Å².